The van der Waals surface area contributed by atoms with E-state index in [0.29, 0.717) is 39.7 Å². The molecule has 0 bridgehead atoms. The van der Waals surface area contributed by atoms with Gasteiger partial charge in [-0.05, 0) is 49.2 Å². The van der Waals surface area contributed by atoms with Crippen LogP contribution in [0.2, 0.25) is 5.02 Å². The summed E-state index contributed by atoms with van der Waals surface area (Å²) in [5, 5.41) is 4.17. The highest BCUT2D eigenvalue weighted by molar-refractivity contribution is 6.31. The van der Waals surface area contributed by atoms with Crippen molar-refractivity contribution >= 4 is 34.2 Å². The van der Waals surface area contributed by atoms with E-state index in [1.165, 1.54) is 0 Å². The molecule has 2 heterocycles. The van der Waals surface area contributed by atoms with Crippen molar-refractivity contribution in [3.63, 3.8) is 0 Å². The Morgan fingerprint density at radius 2 is 2.06 bits per heavy atom. The molecule has 3 aromatic rings. The molecule has 1 unspecified atom stereocenters. The van der Waals surface area contributed by atoms with Crippen LogP contribution < -0.4 is 20.3 Å². The zero-order chi connectivity index (χ0) is 21.8. The van der Waals surface area contributed by atoms with E-state index in [2.05, 4.69) is 10.3 Å². The monoisotopic (exact) mass is 442 g/mol. The minimum Gasteiger partial charge on any atom is -0.497 e. The molecule has 8 heteroatoms. The quantitative estimate of drug-likeness (QED) is 0.617. The van der Waals surface area contributed by atoms with Crippen molar-refractivity contribution < 1.29 is 23.4 Å². The van der Waals surface area contributed by atoms with Gasteiger partial charge in [-0.3, -0.25) is 4.79 Å². The Labute approximate surface area is 184 Å². The first-order chi connectivity index (χ1) is 15.1. The second kappa shape index (κ2) is 9.41. The Kier molecular flexibility index (Phi) is 6.44. The van der Waals surface area contributed by atoms with Gasteiger partial charge < -0.3 is 23.9 Å². The minimum atomic E-state index is -0.304. The Morgan fingerprint density at radius 1 is 1.19 bits per heavy atom. The maximum Gasteiger partial charge on any atom is 0.256 e. The normalized spacial score (nSPS) is 16.5. The molecule has 7 nitrogen and oxygen atoms in total. The Balaban J connectivity index is 1.80. The van der Waals surface area contributed by atoms with Crippen molar-refractivity contribution in [3.8, 4) is 11.5 Å². The van der Waals surface area contributed by atoms with Crippen LogP contribution in [-0.2, 0) is 4.74 Å². The predicted octanol–water partition coefficient (Wildman–Crippen LogP) is 4.24. The number of nitrogens with zero attached hydrogens (tertiary/aromatic N) is 1. The van der Waals surface area contributed by atoms with Gasteiger partial charge in [-0.1, -0.05) is 11.6 Å². The molecule has 1 atom stereocenters. The van der Waals surface area contributed by atoms with Crippen molar-refractivity contribution in [2.45, 2.75) is 18.9 Å². The van der Waals surface area contributed by atoms with Gasteiger partial charge in [0.1, 0.15) is 28.3 Å². The first-order valence-electron chi connectivity index (χ1n) is 9.97. The molecule has 0 aliphatic carbocycles. The zero-order valence-electron chi connectivity index (χ0n) is 17.3. The molecule has 1 saturated heterocycles. The van der Waals surface area contributed by atoms with Gasteiger partial charge in [0.15, 0.2) is 0 Å². The zero-order valence-corrected chi connectivity index (χ0v) is 18.1. The number of carbonyl (C=O) groups excluding carboxylic acids is 1. The van der Waals surface area contributed by atoms with Crippen LogP contribution >= 0.6 is 11.6 Å². The first kappa shape index (κ1) is 21.2. The van der Waals surface area contributed by atoms with Crippen LogP contribution in [0.4, 0.5) is 5.69 Å². The molecular formula is C23H23ClN2O5. The van der Waals surface area contributed by atoms with Gasteiger partial charge in [0.05, 0.1) is 20.3 Å². The van der Waals surface area contributed by atoms with Gasteiger partial charge in [-0.15, -0.1) is 0 Å². The summed E-state index contributed by atoms with van der Waals surface area (Å²) in [6, 6.07) is 12.2. The molecule has 1 fully saturated rings. The van der Waals surface area contributed by atoms with Crippen molar-refractivity contribution in [2.75, 3.05) is 27.4 Å². The van der Waals surface area contributed by atoms with Gasteiger partial charge in [0.2, 0.25) is 5.55 Å². The average Bonchev–Trinajstić information content (AvgIpc) is 3.31. The smallest absolute Gasteiger partial charge is 0.256 e. The van der Waals surface area contributed by atoms with Crippen molar-refractivity contribution in [1.82, 2.24) is 5.32 Å². The lowest BCUT2D eigenvalue weighted by Crippen LogP contribution is -2.34. The number of amides is 1. The van der Waals surface area contributed by atoms with Crippen LogP contribution in [0.15, 0.2) is 51.9 Å². The van der Waals surface area contributed by atoms with Crippen LogP contribution in [0, 0.1) is 0 Å². The number of nitrogens with one attached hydrogen (secondary N) is 1. The molecule has 162 valence electrons. The third-order valence-electron chi connectivity index (χ3n) is 5.08. The molecule has 0 spiro atoms. The van der Waals surface area contributed by atoms with Crippen LogP contribution in [-0.4, -0.2) is 39.4 Å². The Hall–Kier alpha value is -3.03. The summed E-state index contributed by atoms with van der Waals surface area (Å²) >= 11 is 6.13. The van der Waals surface area contributed by atoms with E-state index in [9.17, 15) is 4.79 Å². The Bertz CT molecular complexity index is 1170. The molecule has 0 radical (unpaired) electrons. The lowest BCUT2D eigenvalue weighted by atomic mass is 10.1. The molecule has 2 aromatic carbocycles. The standard InChI is InChI=1S/C23H23ClN2O5/c1-28-16-6-8-21(29-2)19(12-16)26-23-18(22(27)25-13-17-4-3-9-30-17)11-14-10-15(24)5-7-20(14)31-23/h5-8,10-12,17H,3-4,9,13H2,1-2H3,(H,25,27). The number of benzene rings is 2. The number of carbonyl (C=O) groups is 1. The number of ether oxygens (including phenoxy) is 3. The van der Waals surface area contributed by atoms with Gasteiger partial charge in [-0.25, -0.2) is 4.99 Å². The van der Waals surface area contributed by atoms with Crippen molar-refractivity contribution in [2.24, 2.45) is 4.99 Å². The van der Waals surface area contributed by atoms with Gasteiger partial charge >= 0.3 is 0 Å². The summed E-state index contributed by atoms with van der Waals surface area (Å²) < 4.78 is 22.3. The van der Waals surface area contributed by atoms with E-state index in [1.54, 1.807) is 56.7 Å². The number of fused-ring (bicyclic) bond motifs is 1. The average molecular weight is 443 g/mol. The largest absolute Gasteiger partial charge is 0.497 e. The topological polar surface area (TPSA) is 82.3 Å². The summed E-state index contributed by atoms with van der Waals surface area (Å²) in [7, 11) is 3.12. The van der Waals surface area contributed by atoms with E-state index in [1.807, 2.05) is 0 Å². The third-order valence-corrected chi connectivity index (χ3v) is 5.31. The third kappa shape index (κ3) is 4.84. The van der Waals surface area contributed by atoms with Gasteiger partial charge in [0, 0.05) is 29.6 Å². The highest BCUT2D eigenvalue weighted by Gasteiger charge is 2.19. The lowest BCUT2D eigenvalue weighted by Gasteiger charge is -2.11. The molecule has 0 saturated carbocycles. The van der Waals surface area contributed by atoms with E-state index >= 15 is 0 Å². The number of hydrogen-bond acceptors (Lipinski definition) is 6. The molecular weight excluding hydrogens is 420 g/mol. The fraction of sp³-hybridized carbons (Fsp3) is 0.304. The summed E-state index contributed by atoms with van der Waals surface area (Å²) in [4.78, 5) is 17.6. The second-order valence-corrected chi connectivity index (χ2v) is 7.58. The highest BCUT2D eigenvalue weighted by atomic mass is 35.5. The number of hydrogen-bond donors (Lipinski definition) is 1. The van der Waals surface area contributed by atoms with Crippen molar-refractivity contribution in [3.05, 3.63) is 58.6 Å². The van der Waals surface area contributed by atoms with E-state index in [4.69, 9.17) is 30.2 Å². The molecule has 1 aliphatic rings. The SMILES string of the molecule is COc1ccc(OC)c(N=c2oc3ccc(Cl)cc3cc2C(=O)NCC2CCCO2)c1. The van der Waals surface area contributed by atoms with E-state index in [0.717, 1.165) is 19.4 Å². The van der Waals surface area contributed by atoms with E-state index < -0.39 is 0 Å². The number of methoxy groups -OCH3 is 2. The fourth-order valence-corrected chi connectivity index (χ4v) is 3.63. The van der Waals surface area contributed by atoms with Crippen LogP contribution in [0.25, 0.3) is 11.0 Å². The van der Waals surface area contributed by atoms with Crippen LogP contribution in [0.1, 0.15) is 23.2 Å². The van der Waals surface area contributed by atoms with Crippen molar-refractivity contribution in [1.29, 1.82) is 0 Å². The first-order valence-corrected chi connectivity index (χ1v) is 10.3. The number of halogens is 1. The predicted molar refractivity (Wildman–Crippen MR) is 117 cm³/mol. The molecule has 1 amide bonds. The van der Waals surface area contributed by atoms with Crippen LogP contribution in [0.5, 0.6) is 11.5 Å². The fourth-order valence-electron chi connectivity index (χ4n) is 3.45. The Morgan fingerprint density at radius 3 is 2.81 bits per heavy atom. The summed E-state index contributed by atoms with van der Waals surface area (Å²) in [6.45, 7) is 1.15. The highest BCUT2D eigenvalue weighted by Crippen LogP contribution is 2.31. The van der Waals surface area contributed by atoms with Crippen LogP contribution in [0.3, 0.4) is 0 Å². The molecule has 1 N–H and O–H groups in total. The maximum absolute atomic E-state index is 13.0. The summed E-state index contributed by atoms with van der Waals surface area (Å²) in [5.74, 6) is 0.830. The van der Waals surface area contributed by atoms with E-state index in [-0.39, 0.29) is 23.1 Å². The second-order valence-electron chi connectivity index (χ2n) is 7.14. The molecule has 31 heavy (non-hydrogen) atoms. The van der Waals surface area contributed by atoms with Gasteiger partial charge in [-0.2, -0.15) is 0 Å². The lowest BCUT2D eigenvalue weighted by molar-refractivity contribution is 0.0854. The van der Waals surface area contributed by atoms with Gasteiger partial charge in [0.25, 0.3) is 5.91 Å². The number of rotatable bonds is 6. The summed E-state index contributed by atoms with van der Waals surface area (Å²) in [5.41, 5.74) is 1.48. The minimum absolute atomic E-state index is 0.0228. The summed E-state index contributed by atoms with van der Waals surface area (Å²) in [6.07, 6.45) is 1.95. The maximum atomic E-state index is 13.0. The molecule has 4 rings (SSSR count). The molecule has 1 aromatic heterocycles. The molecule has 1 aliphatic heterocycles.